The molecule has 0 radical (unpaired) electrons. The van der Waals surface area contributed by atoms with Gasteiger partial charge in [0.25, 0.3) is 0 Å². The predicted octanol–water partition coefficient (Wildman–Crippen LogP) is 1.45. The van der Waals surface area contributed by atoms with Gasteiger partial charge in [0.15, 0.2) is 0 Å². The van der Waals surface area contributed by atoms with Crippen molar-refractivity contribution >= 4 is 0 Å². The average molecular weight is 217 g/mol. The van der Waals surface area contributed by atoms with Gasteiger partial charge in [0.2, 0.25) is 0 Å². The zero-order valence-electron chi connectivity index (χ0n) is 9.40. The number of nitrogens with one attached hydrogen (secondary N) is 2. The maximum atomic E-state index is 11.5. The molecule has 4 nitrogen and oxygen atoms in total. The van der Waals surface area contributed by atoms with Gasteiger partial charge in [0.05, 0.1) is 5.69 Å². The summed E-state index contributed by atoms with van der Waals surface area (Å²) in [5.74, 6) is 0. The normalized spacial score (nSPS) is 12.6. The smallest absolute Gasteiger partial charge is 0.313 e. The van der Waals surface area contributed by atoms with Crippen LogP contribution in [-0.4, -0.2) is 16.6 Å². The van der Waals surface area contributed by atoms with E-state index in [9.17, 15) is 4.79 Å². The van der Waals surface area contributed by atoms with Crippen molar-refractivity contribution in [3.8, 4) is 5.69 Å². The summed E-state index contributed by atoms with van der Waals surface area (Å²) < 4.78 is 1.59. The van der Waals surface area contributed by atoms with Crippen LogP contribution in [0.5, 0.6) is 0 Å². The number of imidazole rings is 1. The molecule has 1 unspecified atom stereocenters. The molecule has 0 fully saturated rings. The van der Waals surface area contributed by atoms with Crippen molar-refractivity contribution in [2.75, 3.05) is 7.05 Å². The molecule has 0 spiro atoms. The summed E-state index contributed by atoms with van der Waals surface area (Å²) in [4.78, 5) is 14.1. The highest BCUT2D eigenvalue weighted by atomic mass is 16.1. The highest BCUT2D eigenvalue weighted by Crippen LogP contribution is 2.15. The molecule has 1 aromatic carbocycles. The fraction of sp³-hybridized carbons (Fsp3) is 0.250. The van der Waals surface area contributed by atoms with Crippen molar-refractivity contribution in [3.05, 3.63) is 52.7 Å². The molecule has 16 heavy (non-hydrogen) atoms. The minimum atomic E-state index is -0.116. The number of nitrogens with zero attached hydrogens (tertiary/aromatic N) is 1. The summed E-state index contributed by atoms with van der Waals surface area (Å²) >= 11 is 0. The molecule has 4 heteroatoms. The van der Waals surface area contributed by atoms with Crippen molar-refractivity contribution in [2.45, 2.75) is 13.0 Å². The minimum absolute atomic E-state index is 0.116. The third kappa shape index (κ3) is 1.92. The number of rotatable bonds is 3. The van der Waals surface area contributed by atoms with Crippen LogP contribution in [0.25, 0.3) is 5.69 Å². The lowest BCUT2D eigenvalue weighted by Crippen LogP contribution is -2.16. The van der Waals surface area contributed by atoms with Gasteiger partial charge in [-0.15, -0.1) is 0 Å². The van der Waals surface area contributed by atoms with Crippen LogP contribution in [0.4, 0.5) is 0 Å². The number of aromatic nitrogens is 2. The minimum Gasteiger partial charge on any atom is -0.313 e. The first-order chi connectivity index (χ1) is 7.72. The van der Waals surface area contributed by atoms with E-state index in [1.807, 2.05) is 31.3 Å². The second-order valence-corrected chi connectivity index (χ2v) is 3.74. The number of hydrogen-bond acceptors (Lipinski definition) is 2. The standard InChI is InChI=1S/C12H15N3O/c1-9(13-2)10-4-3-5-11(8-10)15-7-6-14-12(15)16/h3-9,13H,1-2H3,(H,14,16). The highest BCUT2D eigenvalue weighted by molar-refractivity contribution is 5.36. The van der Waals surface area contributed by atoms with Gasteiger partial charge in [-0.1, -0.05) is 12.1 Å². The molecule has 0 amide bonds. The van der Waals surface area contributed by atoms with E-state index in [1.165, 1.54) is 0 Å². The van der Waals surface area contributed by atoms with Crippen molar-refractivity contribution in [3.63, 3.8) is 0 Å². The highest BCUT2D eigenvalue weighted by Gasteiger charge is 2.05. The Hall–Kier alpha value is -1.81. The molecule has 0 saturated carbocycles. The van der Waals surface area contributed by atoms with Crippen molar-refractivity contribution in [2.24, 2.45) is 0 Å². The molecule has 1 aromatic heterocycles. The monoisotopic (exact) mass is 217 g/mol. The lowest BCUT2D eigenvalue weighted by molar-refractivity contribution is 0.651. The van der Waals surface area contributed by atoms with Crippen LogP contribution in [0.1, 0.15) is 18.5 Å². The summed E-state index contributed by atoms with van der Waals surface area (Å²) in [7, 11) is 1.92. The molecule has 2 N–H and O–H groups in total. The lowest BCUT2D eigenvalue weighted by Gasteiger charge is -2.11. The van der Waals surface area contributed by atoms with E-state index in [-0.39, 0.29) is 11.7 Å². The van der Waals surface area contributed by atoms with Crippen LogP contribution >= 0.6 is 0 Å². The molecular formula is C12H15N3O. The number of benzene rings is 1. The van der Waals surface area contributed by atoms with Crippen molar-refractivity contribution in [1.29, 1.82) is 0 Å². The Morgan fingerprint density at radius 3 is 2.88 bits per heavy atom. The Balaban J connectivity index is 2.44. The largest absolute Gasteiger partial charge is 0.330 e. The number of aromatic amines is 1. The van der Waals surface area contributed by atoms with E-state index in [0.717, 1.165) is 11.3 Å². The molecule has 1 atom stereocenters. The molecule has 2 rings (SSSR count). The summed E-state index contributed by atoms with van der Waals surface area (Å²) in [5.41, 5.74) is 1.92. The van der Waals surface area contributed by atoms with Gasteiger partial charge in [-0.25, -0.2) is 4.79 Å². The van der Waals surface area contributed by atoms with E-state index in [0.29, 0.717) is 0 Å². The summed E-state index contributed by atoms with van der Waals surface area (Å²) in [6.45, 7) is 2.08. The maximum Gasteiger partial charge on any atom is 0.330 e. The molecule has 0 saturated heterocycles. The summed E-state index contributed by atoms with van der Waals surface area (Å²) in [6, 6.07) is 8.20. The number of H-pyrrole nitrogens is 1. The SMILES string of the molecule is CNC(C)c1cccc(-n2cc[nH]c2=O)c1. The Labute approximate surface area is 93.9 Å². The quantitative estimate of drug-likeness (QED) is 0.817. The molecule has 84 valence electrons. The zero-order chi connectivity index (χ0) is 11.5. The van der Waals surface area contributed by atoms with Crippen molar-refractivity contribution < 1.29 is 0 Å². The number of hydrogen-bond donors (Lipinski definition) is 2. The van der Waals surface area contributed by atoms with E-state index in [2.05, 4.69) is 17.2 Å². The summed E-state index contributed by atoms with van der Waals surface area (Å²) in [5, 5.41) is 3.17. The topological polar surface area (TPSA) is 49.8 Å². The second kappa shape index (κ2) is 4.37. The first-order valence-corrected chi connectivity index (χ1v) is 5.26. The van der Waals surface area contributed by atoms with Gasteiger partial charge < -0.3 is 10.3 Å². The fourth-order valence-corrected chi connectivity index (χ4v) is 1.63. The molecule has 0 bridgehead atoms. The van der Waals surface area contributed by atoms with E-state index in [1.54, 1.807) is 17.0 Å². The molecular weight excluding hydrogens is 202 g/mol. The third-order valence-electron chi connectivity index (χ3n) is 2.73. The third-order valence-corrected chi connectivity index (χ3v) is 2.73. The fourth-order valence-electron chi connectivity index (χ4n) is 1.63. The molecule has 0 aliphatic carbocycles. The molecule has 1 heterocycles. The van der Waals surface area contributed by atoms with Crippen LogP contribution < -0.4 is 11.0 Å². The van der Waals surface area contributed by atoms with E-state index in [4.69, 9.17) is 0 Å². The second-order valence-electron chi connectivity index (χ2n) is 3.74. The predicted molar refractivity (Wildman–Crippen MR) is 63.9 cm³/mol. The van der Waals surface area contributed by atoms with Crippen LogP contribution in [0.2, 0.25) is 0 Å². The van der Waals surface area contributed by atoms with Gasteiger partial charge in [-0.3, -0.25) is 4.57 Å². The molecule has 2 aromatic rings. The molecule has 0 aliphatic rings. The van der Waals surface area contributed by atoms with Gasteiger partial charge in [0, 0.05) is 18.4 Å². The van der Waals surface area contributed by atoms with Crippen LogP contribution in [0.3, 0.4) is 0 Å². The Bertz CT molecular complexity index is 527. The maximum absolute atomic E-state index is 11.5. The average Bonchev–Trinajstić information content (AvgIpc) is 2.74. The van der Waals surface area contributed by atoms with E-state index < -0.39 is 0 Å². The Morgan fingerprint density at radius 2 is 2.25 bits per heavy atom. The summed E-state index contributed by atoms with van der Waals surface area (Å²) in [6.07, 6.45) is 3.36. The van der Waals surface area contributed by atoms with E-state index >= 15 is 0 Å². The van der Waals surface area contributed by atoms with Crippen molar-refractivity contribution in [1.82, 2.24) is 14.9 Å². The Morgan fingerprint density at radius 1 is 1.44 bits per heavy atom. The molecule has 0 aliphatic heterocycles. The first-order valence-electron chi connectivity index (χ1n) is 5.26. The van der Waals surface area contributed by atoms with Crippen LogP contribution in [-0.2, 0) is 0 Å². The van der Waals surface area contributed by atoms with Gasteiger partial charge >= 0.3 is 5.69 Å². The van der Waals surface area contributed by atoms with Gasteiger partial charge in [0.1, 0.15) is 0 Å². The van der Waals surface area contributed by atoms with Crippen LogP contribution in [0, 0.1) is 0 Å². The van der Waals surface area contributed by atoms with Gasteiger partial charge in [-0.05, 0) is 31.7 Å². The Kier molecular flexibility index (Phi) is 2.92. The van der Waals surface area contributed by atoms with Crippen LogP contribution in [0.15, 0.2) is 41.5 Å². The lowest BCUT2D eigenvalue weighted by atomic mass is 10.1. The first kappa shape index (κ1) is 10.7. The zero-order valence-corrected chi connectivity index (χ0v) is 9.40. The van der Waals surface area contributed by atoms with Gasteiger partial charge in [-0.2, -0.15) is 0 Å².